The lowest BCUT2D eigenvalue weighted by atomic mass is 10.3. The Hall–Kier alpha value is -2.54. The standard InChI is InChI=1S/C15H15ClN2O5/c1-10-3-5-14(15(17-10)18(19)20)23-8-7-22-13-6-4-11(21-2)9-12(13)16/h3-6,9H,7-8H2,1-2H3. The van der Waals surface area contributed by atoms with E-state index in [0.717, 1.165) is 0 Å². The molecule has 1 aromatic carbocycles. The van der Waals surface area contributed by atoms with Gasteiger partial charge in [0.05, 0.1) is 12.1 Å². The zero-order valence-electron chi connectivity index (χ0n) is 12.6. The molecule has 0 saturated heterocycles. The third-order valence-electron chi connectivity index (χ3n) is 2.89. The van der Waals surface area contributed by atoms with Crippen molar-refractivity contribution in [3.05, 3.63) is 51.2 Å². The average Bonchev–Trinajstić information content (AvgIpc) is 2.53. The van der Waals surface area contributed by atoms with E-state index in [-0.39, 0.29) is 24.8 Å². The van der Waals surface area contributed by atoms with E-state index in [9.17, 15) is 10.1 Å². The van der Waals surface area contributed by atoms with E-state index in [2.05, 4.69) is 4.98 Å². The number of methoxy groups -OCH3 is 1. The highest BCUT2D eigenvalue weighted by Gasteiger charge is 2.17. The van der Waals surface area contributed by atoms with E-state index in [0.29, 0.717) is 22.2 Å². The normalized spacial score (nSPS) is 10.2. The first-order valence-corrected chi connectivity index (χ1v) is 7.10. The van der Waals surface area contributed by atoms with Crippen LogP contribution < -0.4 is 14.2 Å². The lowest BCUT2D eigenvalue weighted by Gasteiger charge is -2.10. The molecule has 0 fully saturated rings. The zero-order valence-corrected chi connectivity index (χ0v) is 13.4. The predicted octanol–water partition coefficient (Wildman–Crippen LogP) is 3.42. The lowest BCUT2D eigenvalue weighted by molar-refractivity contribution is -0.390. The van der Waals surface area contributed by atoms with Gasteiger partial charge < -0.3 is 24.3 Å². The van der Waals surface area contributed by atoms with Crippen molar-refractivity contribution in [1.82, 2.24) is 4.98 Å². The molecule has 0 saturated carbocycles. The molecular formula is C15H15ClN2O5. The summed E-state index contributed by atoms with van der Waals surface area (Å²) in [6.45, 7) is 1.97. The van der Waals surface area contributed by atoms with Crippen molar-refractivity contribution in [2.75, 3.05) is 20.3 Å². The molecule has 0 aliphatic heterocycles. The molecule has 1 aromatic heterocycles. The van der Waals surface area contributed by atoms with Crippen LogP contribution in [-0.4, -0.2) is 30.2 Å². The van der Waals surface area contributed by atoms with E-state index >= 15 is 0 Å². The summed E-state index contributed by atoms with van der Waals surface area (Å²) in [6.07, 6.45) is 0. The Morgan fingerprint density at radius 2 is 1.83 bits per heavy atom. The number of rotatable bonds is 7. The topological polar surface area (TPSA) is 83.7 Å². The Balaban J connectivity index is 1.92. The quantitative estimate of drug-likeness (QED) is 0.437. The first-order valence-electron chi connectivity index (χ1n) is 6.72. The third kappa shape index (κ3) is 4.46. The van der Waals surface area contributed by atoms with Crippen LogP contribution >= 0.6 is 11.6 Å². The van der Waals surface area contributed by atoms with Gasteiger partial charge in [0.1, 0.15) is 30.4 Å². The molecule has 1 heterocycles. The van der Waals surface area contributed by atoms with Gasteiger partial charge in [0.15, 0.2) is 0 Å². The van der Waals surface area contributed by atoms with Crippen molar-refractivity contribution < 1.29 is 19.1 Å². The van der Waals surface area contributed by atoms with E-state index < -0.39 is 4.92 Å². The van der Waals surface area contributed by atoms with Gasteiger partial charge in [0.2, 0.25) is 5.75 Å². The predicted molar refractivity (Wildman–Crippen MR) is 84.6 cm³/mol. The van der Waals surface area contributed by atoms with Crippen LogP contribution in [0, 0.1) is 17.0 Å². The fraction of sp³-hybridized carbons (Fsp3) is 0.267. The first kappa shape index (κ1) is 16.8. The number of hydrogen-bond acceptors (Lipinski definition) is 6. The Bertz CT molecular complexity index is 708. The fourth-order valence-electron chi connectivity index (χ4n) is 1.80. The molecule has 0 atom stereocenters. The number of aryl methyl sites for hydroxylation is 1. The van der Waals surface area contributed by atoms with Gasteiger partial charge in [0, 0.05) is 13.0 Å². The molecular weight excluding hydrogens is 324 g/mol. The maximum absolute atomic E-state index is 10.9. The summed E-state index contributed by atoms with van der Waals surface area (Å²) >= 11 is 6.04. The molecule has 0 N–H and O–H groups in total. The number of hydrogen-bond donors (Lipinski definition) is 0. The molecule has 0 aliphatic rings. The molecule has 0 aliphatic carbocycles. The molecule has 2 aromatic rings. The van der Waals surface area contributed by atoms with Crippen LogP contribution in [0.5, 0.6) is 17.2 Å². The summed E-state index contributed by atoms with van der Waals surface area (Å²) in [6, 6.07) is 8.19. The van der Waals surface area contributed by atoms with Gasteiger partial charge in [-0.15, -0.1) is 0 Å². The summed E-state index contributed by atoms with van der Waals surface area (Å²) in [7, 11) is 1.54. The highest BCUT2D eigenvalue weighted by Crippen LogP contribution is 2.29. The van der Waals surface area contributed by atoms with Gasteiger partial charge in [-0.1, -0.05) is 11.6 Å². The molecule has 0 amide bonds. The SMILES string of the molecule is COc1ccc(OCCOc2ccc(C)nc2[N+](=O)[O-])c(Cl)c1. The van der Waals surface area contributed by atoms with Crippen LogP contribution in [0.4, 0.5) is 5.82 Å². The Morgan fingerprint density at radius 1 is 1.17 bits per heavy atom. The van der Waals surface area contributed by atoms with Crippen molar-refractivity contribution in [2.45, 2.75) is 6.92 Å². The van der Waals surface area contributed by atoms with Crippen LogP contribution in [0.25, 0.3) is 0 Å². The monoisotopic (exact) mass is 338 g/mol. The first-order chi connectivity index (χ1) is 11.0. The molecule has 7 nitrogen and oxygen atoms in total. The van der Waals surface area contributed by atoms with Crippen molar-refractivity contribution in [3.63, 3.8) is 0 Å². The van der Waals surface area contributed by atoms with Crippen LogP contribution in [-0.2, 0) is 0 Å². The minimum Gasteiger partial charge on any atom is -0.497 e. The lowest BCUT2D eigenvalue weighted by Crippen LogP contribution is -2.10. The Labute approximate surface area is 137 Å². The van der Waals surface area contributed by atoms with Gasteiger partial charge in [-0.05, 0) is 34.2 Å². The number of pyridine rings is 1. The number of halogens is 1. The summed E-state index contributed by atoms with van der Waals surface area (Å²) in [5.41, 5.74) is 0.547. The van der Waals surface area contributed by atoms with Crippen molar-refractivity contribution in [1.29, 1.82) is 0 Å². The van der Waals surface area contributed by atoms with E-state index in [4.69, 9.17) is 25.8 Å². The summed E-state index contributed by atoms with van der Waals surface area (Å²) in [5.74, 6) is 0.894. The number of nitrogens with zero attached hydrogens (tertiary/aromatic N) is 2. The maximum Gasteiger partial charge on any atom is 0.406 e. The van der Waals surface area contributed by atoms with Gasteiger partial charge in [-0.2, -0.15) is 0 Å². The summed E-state index contributed by atoms with van der Waals surface area (Å²) in [4.78, 5) is 14.2. The molecule has 0 radical (unpaired) electrons. The Morgan fingerprint density at radius 3 is 2.43 bits per heavy atom. The number of benzene rings is 1. The summed E-state index contributed by atoms with van der Waals surface area (Å²) < 4.78 is 15.9. The van der Waals surface area contributed by atoms with Gasteiger partial charge in [0.25, 0.3) is 0 Å². The zero-order chi connectivity index (χ0) is 16.8. The van der Waals surface area contributed by atoms with Crippen molar-refractivity contribution >= 4 is 17.4 Å². The fourth-order valence-corrected chi connectivity index (χ4v) is 2.03. The second kappa shape index (κ2) is 7.64. The average molecular weight is 339 g/mol. The van der Waals surface area contributed by atoms with Crippen molar-refractivity contribution in [3.8, 4) is 17.2 Å². The molecule has 8 heteroatoms. The number of nitro groups is 1. The van der Waals surface area contributed by atoms with E-state index in [1.54, 1.807) is 38.3 Å². The third-order valence-corrected chi connectivity index (χ3v) is 3.18. The van der Waals surface area contributed by atoms with Gasteiger partial charge >= 0.3 is 5.82 Å². The molecule has 2 rings (SSSR count). The van der Waals surface area contributed by atoms with Crippen molar-refractivity contribution in [2.24, 2.45) is 0 Å². The molecule has 0 bridgehead atoms. The maximum atomic E-state index is 10.9. The molecule has 0 unspecified atom stereocenters. The largest absolute Gasteiger partial charge is 0.497 e. The smallest absolute Gasteiger partial charge is 0.406 e. The van der Waals surface area contributed by atoms with Gasteiger partial charge in [-0.3, -0.25) is 0 Å². The molecule has 122 valence electrons. The van der Waals surface area contributed by atoms with Crippen LogP contribution in [0.3, 0.4) is 0 Å². The summed E-state index contributed by atoms with van der Waals surface area (Å²) in [5, 5.41) is 11.3. The highest BCUT2D eigenvalue weighted by atomic mass is 35.5. The van der Waals surface area contributed by atoms with Crippen LogP contribution in [0.1, 0.15) is 5.69 Å². The minimum atomic E-state index is -0.580. The second-order valence-corrected chi connectivity index (χ2v) is 4.93. The molecule has 0 spiro atoms. The molecule has 23 heavy (non-hydrogen) atoms. The Kier molecular flexibility index (Phi) is 5.59. The minimum absolute atomic E-state index is 0.102. The van der Waals surface area contributed by atoms with Crippen LogP contribution in [0.15, 0.2) is 30.3 Å². The van der Waals surface area contributed by atoms with E-state index in [1.165, 1.54) is 6.07 Å². The second-order valence-electron chi connectivity index (χ2n) is 4.52. The number of ether oxygens (including phenoxy) is 3. The highest BCUT2D eigenvalue weighted by molar-refractivity contribution is 6.32. The van der Waals surface area contributed by atoms with Gasteiger partial charge in [-0.25, -0.2) is 0 Å². The number of aromatic nitrogens is 1. The van der Waals surface area contributed by atoms with E-state index in [1.807, 2.05) is 0 Å². The van der Waals surface area contributed by atoms with Crippen LogP contribution in [0.2, 0.25) is 5.02 Å².